The number of rotatable bonds is 5. The van der Waals surface area contributed by atoms with E-state index in [1.807, 2.05) is 30.3 Å². The van der Waals surface area contributed by atoms with E-state index in [1.54, 1.807) is 0 Å². The van der Waals surface area contributed by atoms with Crippen LogP contribution >= 0.6 is 0 Å². The SMILES string of the molecule is [N-]=[N+]=NC1=C(N=[N+]=[N-])C(NC(=O)NCc2ccccc2)OC1=O. The van der Waals surface area contributed by atoms with E-state index in [2.05, 4.69) is 30.7 Å². The summed E-state index contributed by atoms with van der Waals surface area (Å²) in [4.78, 5) is 28.3. The third kappa shape index (κ3) is 3.91. The van der Waals surface area contributed by atoms with Crippen molar-refractivity contribution in [3.8, 4) is 0 Å². The second-order valence-corrected chi connectivity index (χ2v) is 4.21. The molecule has 0 aromatic heterocycles. The van der Waals surface area contributed by atoms with E-state index in [1.165, 1.54) is 0 Å². The number of esters is 1. The van der Waals surface area contributed by atoms with Crippen LogP contribution in [0.25, 0.3) is 20.9 Å². The van der Waals surface area contributed by atoms with Gasteiger partial charge in [-0.05, 0) is 16.6 Å². The van der Waals surface area contributed by atoms with Crippen LogP contribution in [-0.4, -0.2) is 18.2 Å². The Balaban J connectivity index is 2.04. The Morgan fingerprint density at radius 1 is 1.22 bits per heavy atom. The lowest BCUT2D eigenvalue weighted by molar-refractivity contribution is -0.140. The summed E-state index contributed by atoms with van der Waals surface area (Å²) >= 11 is 0. The van der Waals surface area contributed by atoms with Crippen LogP contribution in [0.1, 0.15) is 5.56 Å². The van der Waals surface area contributed by atoms with Crippen LogP contribution in [0.3, 0.4) is 0 Å². The van der Waals surface area contributed by atoms with Crippen LogP contribution in [0.5, 0.6) is 0 Å². The predicted molar refractivity (Wildman–Crippen MR) is 77.0 cm³/mol. The molecule has 0 spiro atoms. The smallest absolute Gasteiger partial charge is 0.343 e. The number of nitrogens with zero attached hydrogens (tertiary/aromatic N) is 6. The van der Waals surface area contributed by atoms with Gasteiger partial charge in [-0.3, -0.25) is 5.32 Å². The van der Waals surface area contributed by atoms with Gasteiger partial charge in [-0.25, -0.2) is 9.59 Å². The Labute approximate surface area is 129 Å². The number of hydrogen-bond donors (Lipinski definition) is 2. The number of nitrogens with one attached hydrogen (secondary N) is 2. The molecule has 0 aliphatic carbocycles. The van der Waals surface area contributed by atoms with Gasteiger partial charge < -0.3 is 10.1 Å². The first-order chi connectivity index (χ1) is 11.2. The van der Waals surface area contributed by atoms with Gasteiger partial charge in [0.05, 0.1) is 5.70 Å². The maximum atomic E-state index is 11.8. The first-order valence-electron chi connectivity index (χ1n) is 6.29. The maximum Gasteiger partial charge on any atom is 0.343 e. The summed E-state index contributed by atoms with van der Waals surface area (Å²) in [5, 5.41) is 11.2. The molecule has 0 fully saturated rings. The fourth-order valence-corrected chi connectivity index (χ4v) is 1.78. The molecule has 1 aliphatic heterocycles. The minimum atomic E-state index is -1.32. The largest absolute Gasteiger partial charge is 0.434 e. The molecule has 23 heavy (non-hydrogen) atoms. The molecular weight excluding hydrogens is 304 g/mol. The summed E-state index contributed by atoms with van der Waals surface area (Å²) in [6, 6.07) is 8.47. The number of benzene rings is 1. The lowest BCUT2D eigenvalue weighted by Gasteiger charge is -2.14. The Hall–Kier alpha value is -3.68. The first-order valence-corrected chi connectivity index (χ1v) is 6.29. The second-order valence-electron chi connectivity index (χ2n) is 4.21. The van der Waals surface area contributed by atoms with Crippen molar-refractivity contribution in [1.82, 2.24) is 10.6 Å². The Bertz CT molecular complexity index is 747. The van der Waals surface area contributed by atoms with Crippen molar-refractivity contribution >= 4 is 12.0 Å². The summed E-state index contributed by atoms with van der Waals surface area (Å²) in [5.74, 6) is -0.987. The zero-order valence-electron chi connectivity index (χ0n) is 11.6. The highest BCUT2D eigenvalue weighted by Gasteiger charge is 2.34. The van der Waals surface area contributed by atoms with E-state index in [4.69, 9.17) is 15.8 Å². The monoisotopic (exact) mass is 314 g/mol. The summed E-state index contributed by atoms with van der Waals surface area (Å²) in [7, 11) is 0. The fraction of sp³-hybridized carbons (Fsp3) is 0.167. The average Bonchev–Trinajstić information content (AvgIpc) is 2.83. The highest BCUT2D eigenvalue weighted by Crippen LogP contribution is 2.23. The van der Waals surface area contributed by atoms with E-state index in [-0.39, 0.29) is 12.2 Å². The molecule has 1 heterocycles. The lowest BCUT2D eigenvalue weighted by Crippen LogP contribution is -2.42. The van der Waals surface area contributed by atoms with Gasteiger partial charge in [0.15, 0.2) is 0 Å². The third-order valence-corrected chi connectivity index (χ3v) is 2.76. The van der Waals surface area contributed by atoms with Crippen LogP contribution in [0.4, 0.5) is 4.79 Å². The fourth-order valence-electron chi connectivity index (χ4n) is 1.78. The number of urea groups is 1. The molecule has 2 N–H and O–H groups in total. The average molecular weight is 314 g/mol. The van der Waals surface area contributed by atoms with Crippen LogP contribution < -0.4 is 10.6 Å². The van der Waals surface area contributed by atoms with E-state index in [9.17, 15) is 9.59 Å². The van der Waals surface area contributed by atoms with Crippen LogP contribution in [0, 0.1) is 0 Å². The topological polar surface area (TPSA) is 165 Å². The van der Waals surface area contributed by atoms with Gasteiger partial charge in [0.1, 0.15) is 5.70 Å². The standard InChI is InChI=1S/C12H10N8O3/c13-19-17-8-9(18-20-14)11(21)23-10(8)16-12(22)15-6-7-4-2-1-3-5-7/h1-5,10H,6H2,(H2,15,16,22). The molecule has 116 valence electrons. The summed E-state index contributed by atoms with van der Waals surface area (Å²) in [6.45, 7) is 0.247. The molecule has 2 amide bonds. The Morgan fingerprint density at radius 2 is 1.91 bits per heavy atom. The Kier molecular flexibility index (Phi) is 5.03. The number of carbonyl (C=O) groups is 2. The molecule has 1 unspecified atom stereocenters. The molecule has 1 atom stereocenters. The molecule has 0 radical (unpaired) electrons. The van der Waals surface area contributed by atoms with Crippen molar-refractivity contribution in [3.05, 3.63) is 68.2 Å². The van der Waals surface area contributed by atoms with Gasteiger partial charge in [0.2, 0.25) is 6.23 Å². The van der Waals surface area contributed by atoms with Crippen LogP contribution in [-0.2, 0) is 16.1 Å². The van der Waals surface area contributed by atoms with Gasteiger partial charge in [0.25, 0.3) is 0 Å². The molecule has 1 aliphatic rings. The van der Waals surface area contributed by atoms with Gasteiger partial charge in [0, 0.05) is 16.4 Å². The molecule has 0 saturated carbocycles. The van der Waals surface area contributed by atoms with Crippen molar-refractivity contribution in [2.75, 3.05) is 0 Å². The highest BCUT2D eigenvalue weighted by molar-refractivity contribution is 5.92. The van der Waals surface area contributed by atoms with Gasteiger partial charge >= 0.3 is 12.0 Å². The minimum Gasteiger partial charge on any atom is -0.434 e. The third-order valence-electron chi connectivity index (χ3n) is 2.76. The molecule has 0 bridgehead atoms. The van der Waals surface area contributed by atoms with E-state index in [0.717, 1.165) is 5.56 Å². The number of hydrogen-bond acceptors (Lipinski definition) is 5. The number of azide groups is 2. The van der Waals surface area contributed by atoms with E-state index >= 15 is 0 Å². The lowest BCUT2D eigenvalue weighted by atomic mass is 10.2. The number of carbonyl (C=O) groups excluding carboxylic acids is 2. The molecule has 1 aromatic rings. The van der Waals surface area contributed by atoms with Gasteiger partial charge in [-0.15, -0.1) is 0 Å². The van der Waals surface area contributed by atoms with Gasteiger partial charge in [-0.2, -0.15) is 0 Å². The zero-order valence-corrected chi connectivity index (χ0v) is 11.6. The Morgan fingerprint density at radius 3 is 2.57 bits per heavy atom. The van der Waals surface area contributed by atoms with Crippen LogP contribution in [0.15, 0.2) is 52.0 Å². The maximum absolute atomic E-state index is 11.8. The van der Waals surface area contributed by atoms with Crippen molar-refractivity contribution in [2.45, 2.75) is 12.8 Å². The molecule has 2 rings (SSSR count). The van der Waals surface area contributed by atoms with Crippen molar-refractivity contribution in [3.63, 3.8) is 0 Å². The van der Waals surface area contributed by atoms with Gasteiger partial charge in [-0.1, -0.05) is 40.6 Å². The zero-order chi connectivity index (χ0) is 16.7. The quantitative estimate of drug-likeness (QED) is 0.368. The predicted octanol–water partition coefficient (Wildman–Crippen LogP) is 2.20. The highest BCUT2D eigenvalue weighted by atomic mass is 16.6. The number of amides is 2. The molecule has 11 nitrogen and oxygen atoms in total. The van der Waals surface area contributed by atoms with E-state index < -0.39 is 23.9 Å². The summed E-state index contributed by atoms with van der Waals surface area (Å²) in [5.41, 5.74) is 17.0. The summed E-state index contributed by atoms with van der Waals surface area (Å²) in [6.07, 6.45) is -1.32. The summed E-state index contributed by atoms with van der Waals surface area (Å²) < 4.78 is 4.80. The normalized spacial score (nSPS) is 16.0. The van der Waals surface area contributed by atoms with E-state index in [0.29, 0.717) is 0 Å². The van der Waals surface area contributed by atoms with Crippen LogP contribution in [0.2, 0.25) is 0 Å². The number of ether oxygens (including phenoxy) is 1. The molecule has 11 heteroatoms. The van der Waals surface area contributed by atoms with Crippen molar-refractivity contribution in [2.24, 2.45) is 10.2 Å². The molecule has 1 aromatic carbocycles. The molecule has 0 saturated heterocycles. The molecular formula is C12H10N8O3. The van der Waals surface area contributed by atoms with Crippen molar-refractivity contribution in [1.29, 1.82) is 0 Å². The number of cyclic esters (lactones) is 1. The second kappa shape index (κ2) is 7.36. The minimum absolute atomic E-state index is 0.247. The van der Waals surface area contributed by atoms with Crippen molar-refractivity contribution < 1.29 is 14.3 Å². The first kappa shape index (κ1) is 15.7.